The third kappa shape index (κ3) is 4.53. The van der Waals surface area contributed by atoms with Gasteiger partial charge in [-0.1, -0.05) is 52.7 Å². The molecule has 13 heteroatoms. The summed E-state index contributed by atoms with van der Waals surface area (Å²) < 4.78 is 3.11. The summed E-state index contributed by atoms with van der Waals surface area (Å²) in [6.07, 6.45) is 3.21. The van der Waals surface area contributed by atoms with Crippen LogP contribution in [0.3, 0.4) is 0 Å². The predicted molar refractivity (Wildman–Crippen MR) is 109 cm³/mol. The van der Waals surface area contributed by atoms with Crippen LogP contribution in [-0.2, 0) is 13.1 Å². The van der Waals surface area contributed by atoms with Gasteiger partial charge in [0, 0.05) is 17.3 Å². The molecule has 0 amide bonds. The van der Waals surface area contributed by atoms with Crippen LogP contribution in [0.15, 0.2) is 42.7 Å². The van der Waals surface area contributed by atoms with Crippen molar-refractivity contribution in [2.45, 2.75) is 13.1 Å². The van der Waals surface area contributed by atoms with Gasteiger partial charge in [-0.15, -0.1) is 10.2 Å². The number of benzene rings is 1. The van der Waals surface area contributed by atoms with Gasteiger partial charge in [-0.3, -0.25) is 4.68 Å². The molecule has 0 radical (unpaired) electrons. The Bertz CT molecular complexity index is 1170. The normalized spacial score (nSPS) is 11.0. The van der Waals surface area contributed by atoms with Gasteiger partial charge >= 0.3 is 5.82 Å². The quantitative estimate of drug-likeness (QED) is 0.334. The van der Waals surface area contributed by atoms with Crippen LogP contribution in [0.4, 0.5) is 16.8 Å². The van der Waals surface area contributed by atoms with E-state index in [9.17, 15) is 10.1 Å². The zero-order valence-corrected chi connectivity index (χ0v) is 16.9. The molecule has 148 valence electrons. The van der Waals surface area contributed by atoms with Gasteiger partial charge in [-0.05, 0) is 16.6 Å². The van der Waals surface area contributed by atoms with Crippen LogP contribution in [0.25, 0.3) is 0 Å². The predicted octanol–water partition coefficient (Wildman–Crippen LogP) is 3.99. The van der Waals surface area contributed by atoms with Crippen LogP contribution in [0, 0.1) is 10.1 Å². The average Bonchev–Trinajstić information content (AvgIpc) is 3.39. The van der Waals surface area contributed by atoms with Crippen LogP contribution < -0.4 is 5.32 Å². The monoisotopic (exact) mass is 450 g/mol. The van der Waals surface area contributed by atoms with Crippen LogP contribution in [0.2, 0.25) is 10.0 Å². The molecule has 0 atom stereocenters. The number of nitrogens with one attached hydrogen (secondary N) is 1. The summed E-state index contributed by atoms with van der Waals surface area (Å²) in [4.78, 5) is 10.2. The van der Waals surface area contributed by atoms with E-state index in [2.05, 4.69) is 25.7 Å². The van der Waals surface area contributed by atoms with E-state index in [1.807, 2.05) is 36.5 Å². The summed E-state index contributed by atoms with van der Waals surface area (Å²) in [5.41, 5.74) is 0.967. The van der Waals surface area contributed by atoms with E-state index >= 15 is 0 Å². The van der Waals surface area contributed by atoms with Crippen molar-refractivity contribution < 1.29 is 4.92 Å². The second-order valence-corrected chi connectivity index (χ2v) is 7.75. The van der Waals surface area contributed by atoms with Crippen molar-refractivity contribution in [1.29, 1.82) is 0 Å². The Kier molecular flexibility index (Phi) is 5.43. The first-order chi connectivity index (χ1) is 14.0. The number of halogens is 2. The number of nitro groups is 1. The lowest BCUT2D eigenvalue weighted by Gasteiger charge is -2.04. The first-order valence-corrected chi connectivity index (χ1v) is 9.79. The van der Waals surface area contributed by atoms with Crippen LogP contribution in [0.1, 0.15) is 10.6 Å². The first-order valence-electron chi connectivity index (χ1n) is 8.21. The van der Waals surface area contributed by atoms with Crippen molar-refractivity contribution in [1.82, 2.24) is 29.8 Å². The number of nitrogens with zero attached hydrogens (tertiary/aromatic N) is 7. The molecule has 0 unspecified atom stereocenters. The maximum atomic E-state index is 10.8. The molecule has 0 saturated carbocycles. The summed E-state index contributed by atoms with van der Waals surface area (Å²) >= 11 is 13.3. The van der Waals surface area contributed by atoms with Gasteiger partial charge in [0.15, 0.2) is 10.8 Å². The largest absolute Gasteiger partial charge is 0.408 e. The molecule has 0 spiro atoms. The highest BCUT2D eigenvalue weighted by Crippen LogP contribution is 2.24. The number of anilines is 2. The third-order valence-corrected chi connectivity index (χ3v) is 5.26. The first kappa shape index (κ1) is 19.3. The number of rotatable bonds is 7. The topological polar surface area (TPSA) is 117 Å². The second-order valence-electron chi connectivity index (χ2n) is 5.87. The molecule has 3 heterocycles. The third-order valence-electron chi connectivity index (χ3n) is 3.80. The lowest BCUT2D eigenvalue weighted by molar-refractivity contribution is -0.389. The van der Waals surface area contributed by atoms with Gasteiger partial charge in [0.25, 0.3) is 0 Å². The molecule has 0 aliphatic carbocycles. The minimum absolute atomic E-state index is 0.0260. The Balaban J connectivity index is 1.41. The summed E-state index contributed by atoms with van der Waals surface area (Å²) in [5.74, 6) is 0.219. The fourth-order valence-corrected chi connectivity index (χ4v) is 3.68. The summed E-state index contributed by atoms with van der Waals surface area (Å²) in [6, 6.07) is 9.40. The van der Waals surface area contributed by atoms with Gasteiger partial charge in [0.05, 0.1) is 17.8 Å². The highest BCUT2D eigenvalue weighted by molar-refractivity contribution is 7.15. The van der Waals surface area contributed by atoms with Crippen LogP contribution in [-0.4, -0.2) is 34.7 Å². The van der Waals surface area contributed by atoms with E-state index in [1.54, 1.807) is 4.68 Å². The van der Waals surface area contributed by atoms with Gasteiger partial charge in [-0.2, -0.15) is 9.78 Å². The van der Waals surface area contributed by atoms with E-state index in [4.69, 9.17) is 23.2 Å². The molecule has 0 fully saturated rings. The Morgan fingerprint density at radius 1 is 1.07 bits per heavy atom. The molecular weight excluding hydrogens is 439 g/mol. The van der Waals surface area contributed by atoms with Crippen molar-refractivity contribution in [3.63, 3.8) is 0 Å². The van der Waals surface area contributed by atoms with Gasteiger partial charge in [0.2, 0.25) is 5.13 Å². The maximum Gasteiger partial charge on any atom is 0.408 e. The van der Waals surface area contributed by atoms with Crippen molar-refractivity contribution in [2.24, 2.45) is 0 Å². The molecule has 10 nitrogen and oxygen atoms in total. The van der Waals surface area contributed by atoms with Crippen molar-refractivity contribution >= 4 is 51.3 Å². The molecule has 0 aliphatic rings. The number of hydrogen-bond acceptors (Lipinski definition) is 8. The van der Waals surface area contributed by atoms with Crippen LogP contribution >= 0.6 is 34.5 Å². The van der Waals surface area contributed by atoms with E-state index in [0.717, 1.165) is 5.56 Å². The molecule has 4 rings (SSSR count). The van der Waals surface area contributed by atoms with Gasteiger partial charge in [0.1, 0.15) is 11.6 Å². The van der Waals surface area contributed by atoms with E-state index in [0.29, 0.717) is 27.5 Å². The fourth-order valence-electron chi connectivity index (χ4n) is 2.53. The minimum atomic E-state index is -0.634. The Labute approximate surface area is 177 Å². The van der Waals surface area contributed by atoms with E-state index in [-0.39, 0.29) is 11.6 Å². The molecule has 1 aromatic carbocycles. The maximum absolute atomic E-state index is 10.8. The summed E-state index contributed by atoms with van der Waals surface area (Å²) in [6.45, 7) is 0.759. The number of hydrogen-bond donors (Lipinski definition) is 1. The molecule has 1 N–H and O–H groups in total. The second kappa shape index (κ2) is 8.15. The average molecular weight is 451 g/mol. The van der Waals surface area contributed by atoms with Gasteiger partial charge < -0.3 is 15.4 Å². The Morgan fingerprint density at radius 2 is 1.90 bits per heavy atom. The molecule has 29 heavy (non-hydrogen) atoms. The molecule has 0 aliphatic heterocycles. The van der Waals surface area contributed by atoms with Crippen molar-refractivity contribution in [2.75, 3.05) is 5.32 Å². The molecule has 3 aromatic heterocycles. The summed E-state index contributed by atoms with van der Waals surface area (Å²) in [7, 11) is 0. The Morgan fingerprint density at radius 3 is 2.66 bits per heavy atom. The smallest absolute Gasteiger partial charge is 0.358 e. The molecular formula is C16H12Cl2N8O2S. The number of aromatic nitrogens is 6. The van der Waals surface area contributed by atoms with Crippen molar-refractivity contribution in [3.05, 3.63) is 73.5 Å². The zero-order chi connectivity index (χ0) is 20.4. The van der Waals surface area contributed by atoms with Gasteiger partial charge in [-0.25, -0.2) is 0 Å². The highest BCUT2D eigenvalue weighted by Gasteiger charge is 2.20. The Hall–Kier alpha value is -3.02. The summed E-state index contributed by atoms with van der Waals surface area (Å²) in [5, 5.41) is 32.1. The van der Waals surface area contributed by atoms with E-state index < -0.39 is 10.7 Å². The van der Waals surface area contributed by atoms with Crippen LogP contribution in [0.5, 0.6) is 0 Å². The zero-order valence-electron chi connectivity index (χ0n) is 14.6. The van der Waals surface area contributed by atoms with Crippen molar-refractivity contribution in [3.8, 4) is 0 Å². The highest BCUT2D eigenvalue weighted by atomic mass is 35.5. The minimum Gasteiger partial charge on any atom is -0.358 e. The lowest BCUT2D eigenvalue weighted by atomic mass is 10.2. The fraction of sp³-hybridized carbons (Fsp3) is 0.125. The van der Waals surface area contributed by atoms with E-state index in [1.165, 1.54) is 22.2 Å². The molecule has 4 aromatic rings. The molecule has 0 saturated heterocycles. The molecule has 0 bridgehead atoms. The lowest BCUT2D eigenvalue weighted by Crippen LogP contribution is -2.01. The SMILES string of the molecule is O=[N+]([O-])c1nn(Cc2nnc(Nc3ccn(Cc4ccccc4Cl)n3)s2)cc1Cl. The standard InChI is InChI=1S/C16H12Cl2N8O2S/c17-11-4-2-1-3-10(11)7-24-6-5-13(22-24)19-16-21-20-14(29-16)9-25-8-12(18)15(23-25)26(27)28/h1-6,8H,7,9H2,(H,19,21,22).